The minimum Gasteiger partial charge on any atom is -0.454 e. The maximum Gasteiger partial charge on any atom is 0.254 e. The van der Waals surface area contributed by atoms with Crippen LogP contribution >= 0.6 is 0 Å². The fourth-order valence-corrected chi connectivity index (χ4v) is 3.65. The second-order valence-corrected chi connectivity index (χ2v) is 7.25. The number of piperazine rings is 1. The van der Waals surface area contributed by atoms with Gasteiger partial charge in [-0.3, -0.25) is 4.79 Å². The zero-order valence-corrected chi connectivity index (χ0v) is 16.4. The standard InChI is InChI=1S/C22H18F2N4O3/c23-16-3-1-15(11-17(16)24)22(29)28-9-7-27(8-10-28)21-6-4-18(25-26-21)14-2-5-19-20(12-14)31-13-30-19/h1-6,11-12H,7-10,13H2. The van der Waals surface area contributed by atoms with E-state index >= 15 is 0 Å². The lowest BCUT2D eigenvalue weighted by atomic mass is 10.1. The highest BCUT2D eigenvalue weighted by molar-refractivity contribution is 5.94. The van der Waals surface area contributed by atoms with Crippen LogP contribution in [0.3, 0.4) is 0 Å². The largest absolute Gasteiger partial charge is 0.454 e. The number of hydrogen-bond acceptors (Lipinski definition) is 6. The normalized spacial score (nSPS) is 15.3. The number of fused-ring (bicyclic) bond motifs is 1. The molecule has 3 aromatic rings. The van der Waals surface area contributed by atoms with Gasteiger partial charge in [-0.15, -0.1) is 10.2 Å². The molecule has 1 amide bonds. The van der Waals surface area contributed by atoms with Gasteiger partial charge in [-0.05, 0) is 48.5 Å². The molecular weight excluding hydrogens is 406 g/mol. The third kappa shape index (κ3) is 3.74. The van der Waals surface area contributed by atoms with Crippen LogP contribution in [0.4, 0.5) is 14.6 Å². The van der Waals surface area contributed by atoms with E-state index in [4.69, 9.17) is 9.47 Å². The molecule has 0 radical (unpaired) electrons. The third-order valence-corrected chi connectivity index (χ3v) is 5.38. The van der Waals surface area contributed by atoms with Crippen molar-refractivity contribution in [3.63, 3.8) is 0 Å². The minimum atomic E-state index is -1.03. The smallest absolute Gasteiger partial charge is 0.254 e. The molecule has 0 aliphatic carbocycles. The number of rotatable bonds is 3. The fraction of sp³-hybridized carbons (Fsp3) is 0.227. The number of nitrogens with zero attached hydrogens (tertiary/aromatic N) is 4. The summed E-state index contributed by atoms with van der Waals surface area (Å²) in [6.45, 7) is 2.24. The van der Waals surface area contributed by atoms with Gasteiger partial charge in [0.15, 0.2) is 29.0 Å². The summed E-state index contributed by atoms with van der Waals surface area (Å²) in [6, 6.07) is 12.6. The van der Waals surface area contributed by atoms with Crippen molar-refractivity contribution in [3.8, 4) is 22.8 Å². The molecule has 0 spiro atoms. The summed E-state index contributed by atoms with van der Waals surface area (Å²) in [5.74, 6) is -0.201. The van der Waals surface area contributed by atoms with E-state index in [0.29, 0.717) is 49.2 Å². The van der Waals surface area contributed by atoms with E-state index < -0.39 is 11.6 Å². The number of carbonyl (C=O) groups excluding carboxylic acids is 1. The first-order valence-corrected chi connectivity index (χ1v) is 9.81. The second-order valence-electron chi connectivity index (χ2n) is 7.25. The Balaban J connectivity index is 1.23. The Morgan fingerprint density at radius 1 is 0.839 bits per heavy atom. The molecule has 1 saturated heterocycles. The Bertz CT molecular complexity index is 1130. The highest BCUT2D eigenvalue weighted by atomic mass is 19.2. The van der Waals surface area contributed by atoms with E-state index in [-0.39, 0.29) is 18.3 Å². The monoisotopic (exact) mass is 424 g/mol. The first-order chi connectivity index (χ1) is 15.1. The Hall–Kier alpha value is -3.75. The summed E-state index contributed by atoms with van der Waals surface area (Å²) >= 11 is 0. The number of amides is 1. The van der Waals surface area contributed by atoms with Crippen LogP contribution in [0.25, 0.3) is 11.3 Å². The molecule has 31 heavy (non-hydrogen) atoms. The first kappa shape index (κ1) is 19.2. The van der Waals surface area contributed by atoms with Gasteiger partial charge in [-0.1, -0.05) is 0 Å². The number of halogens is 2. The molecular formula is C22H18F2N4O3. The molecule has 0 unspecified atom stereocenters. The lowest BCUT2D eigenvalue weighted by Crippen LogP contribution is -2.49. The van der Waals surface area contributed by atoms with E-state index in [1.54, 1.807) is 4.90 Å². The quantitative estimate of drug-likeness (QED) is 0.644. The SMILES string of the molecule is O=C(c1ccc(F)c(F)c1)N1CCN(c2ccc(-c3ccc4c(c3)OCO4)nn2)CC1. The summed E-state index contributed by atoms with van der Waals surface area (Å²) in [6.07, 6.45) is 0. The number of aromatic nitrogens is 2. The zero-order chi connectivity index (χ0) is 21.4. The number of anilines is 1. The van der Waals surface area contributed by atoms with E-state index in [2.05, 4.69) is 10.2 Å². The Morgan fingerprint density at radius 2 is 1.65 bits per heavy atom. The van der Waals surface area contributed by atoms with Crippen LogP contribution in [0.2, 0.25) is 0 Å². The van der Waals surface area contributed by atoms with Crippen LogP contribution in [0.5, 0.6) is 11.5 Å². The molecule has 1 aromatic heterocycles. The van der Waals surface area contributed by atoms with Crippen LogP contribution in [0, 0.1) is 11.6 Å². The van der Waals surface area contributed by atoms with Crippen LogP contribution in [0.1, 0.15) is 10.4 Å². The molecule has 0 bridgehead atoms. The lowest BCUT2D eigenvalue weighted by molar-refractivity contribution is 0.0746. The van der Waals surface area contributed by atoms with Gasteiger partial charge in [0.25, 0.3) is 5.91 Å². The van der Waals surface area contributed by atoms with Gasteiger partial charge < -0.3 is 19.3 Å². The summed E-state index contributed by atoms with van der Waals surface area (Å²) in [4.78, 5) is 16.2. The van der Waals surface area contributed by atoms with Crippen molar-refractivity contribution in [2.45, 2.75) is 0 Å². The maximum absolute atomic E-state index is 13.4. The highest BCUT2D eigenvalue weighted by Gasteiger charge is 2.24. The van der Waals surface area contributed by atoms with Gasteiger partial charge in [0.05, 0.1) is 5.69 Å². The van der Waals surface area contributed by atoms with Crippen LogP contribution in [-0.2, 0) is 0 Å². The predicted molar refractivity (Wildman–Crippen MR) is 108 cm³/mol. The summed E-state index contributed by atoms with van der Waals surface area (Å²) in [5.41, 5.74) is 1.74. The van der Waals surface area contributed by atoms with Gasteiger partial charge in [0.2, 0.25) is 6.79 Å². The van der Waals surface area contributed by atoms with Crippen LogP contribution in [0.15, 0.2) is 48.5 Å². The lowest BCUT2D eigenvalue weighted by Gasteiger charge is -2.35. The van der Waals surface area contributed by atoms with Crippen molar-refractivity contribution >= 4 is 11.7 Å². The molecule has 0 atom stereocenters. The van der Waals surface area contributed by atoms with Crippen molar-refractivity contribution in [1.82, 2.24) is 15.1 Å². The molecule has 9 heteroatoms. The number of hydrogen-bond donors (Lipinski definition) is 0. The molecule has 7 nitrogen and oxygen atoms in total. The molecule has 5 rings (SSSR count). The van der Waals surface area contributed by atoms with Crippen LogP contribution in [-0.4, -0.2) is 54.0 Å². The number of ether oxygens (including phenoxy) is 2. The predicted octanol–water partition coefficient (Wildman–Crippen LogP) is 3.11. The average molecular weight is 424 g/mol. The van der Waals surface area contributed by atoms with E-state index in [1.165, 1.54) is 6.07 Å². The molecule has 3 heterocycles. The Morgan fingerprint density at radius 3 is 2.39 bits per heavy atom. The van der Waals surface area contributed by atoms with E-state index in [1.807, 2.05) is 35.2 Å². The van der Waals surface area contributed by atoms with Gasteiger partial charge in [-0.25, -0.2) is 8.78 Å². The number of benzene rings is 2. The molecule has 2 aliphatic rings. The molecule has 0 saturated carbocycles. The average Bonchev–Trinajstić information content (AvgIpc) is 3.29. The minimum absolute atomic E-state index is 0.139. The molecule has 2 aliphatic heterocycles. The van der Waals surface area contributed by atoms with E-state index in [9.17, 15) is 13.6 Å². The van der Waals surface area contributed by atoms with Crippen molar-refractivity contribution in [1.29, 1.82) is 0 Å². The van der Waals surface area contributed by atoms with Crippen molar-refractivity contribution in [3.05, 3.63) is 65.7 Å². The number of carbonyl (C=O) groups is 1. The summed E-state index contributed by atoms with van der Waals surface area (Å²) in [7, 11) is 0. The van der Waals surface area contributed by atoms with Crippen molar-refractivity contribution in [2.75, 3.05) is 37.9 Å². The zero-order valence-electron chi connectivity index (χ0n) is 16.4. The summed E-state index contributed by atoms with van der Waals surface area (Å²) in [5, 5.41) is 8.65. The van der Waals surface area contributed by atoms with Gasteiger partial charge in [0.1, 0.15) is 0 Å². The van der Waals surface area contributed by atoms with Crippen molar-refractivity contribution < 1.29 is 23.0 Å². The van der Waals surface area contributed by atoms with E-state index in [0.717, 1.165) is 17.7 Å². The topological polar surface area (TPSA) is 67.8 Å². The third-order valence-electron chi connectivity index (χ3n) is 5.38. The highest BCUT2D eigenvalue weighted by Crippen LogP contribution is 2.35. The van der Waals surface area contributed by atoms with Gasteiger partial charge >= 0.3 is 0 Å². The van der Waals surface area contributed by atoms with Gasteiger partial charge in [0, 0.05) is 37.3 Å². The Labute approximate surface area is 176 Å². The fourth-order valence-electron chi connectivity index (χ4n) is 3.65. The molecule has 0 N–H and O–H groups in total. The van der Waals surface area contributed by atoms with Crippen molar-refractivity contribution in [2.24, 2.45) is 0 Å². The first-order valence-electron chi connectivity index (χ1n) is 9.81. The molecule has 158 valence electrons. The molecule has 1 fully saturated rings. The summed E-state index contributed by atoms with van der Waals surface area (Å²) < 4.78 is 37.3. The maximum atomic E-state index is 13.4. The Kier molecular flexibility index (Phi) is 4.85. The van der Waals surface area contributed by atoms with Crippen LogP contribution < -0.4 is 14.4 Å². The molecule has 2 aromatic carbocycles. The van der Waals surface area contributed by atoms with Gasteiger partial charge in [-0.2, -0.15) is 0 Å². The second kappa shape index (κ2) is 7.82.